The molecule has 0 aliphatic heterocycles. The average Bonchev–Trinajstić information content (AvgIpc) is 2.68. The smallest absolute Gasteiger partial charge is 0.302 e. The molecule has 176 valence electrons. The van der Waals surface area contributed by atoms with Gasteiger partial charge < -0.3 is 10.1 Å². The Balaban J connectivity index is 0. The van der Waals surface area contributed by atoms with Gasteiger partial charge in [-0.25, -0.2) is 0 Å². The van der Waals surface area contributed by atoms with Crippen LogP contribution in [-0.2, 0) is 9.53 Å². The number of halogens is 1. The van der Waals surface area contributed by atoms with Gasteiger partial charge >= 0.3 is 5.97 Å². The molecule has 0 aromatic carbocycles. The summed E-state index contributed by atoms with van der Waals surface area (Å²) in [6, 6.07) is 0.593. The fourth-order valence-corrected chi connectivity index (χ4v) is 3.86. The van der Waals surface area contributed by atoms with Crippen LogP contribution < -0.4 is 5.32 Å². The number of hydrogen-bond acceptors (Lipinski definition) is 3. The molecule has 0 saturated heterocycles. The Bertz CT molecular complexity index is 306. The van der Waals surface area contributed by atoms with E-state index in [2.05, 4.69) is 19.2 Å². The summed E-state index contributed by atoms with van der Waals surface area (Å²) < 4.78 is 5.07. The fraction of sp³-hybridized carbons (Fsp3) is 0.960. The summed E-state index contributed by atoms with van der Waals surface area (Å²) in [5.74, 6) is -0.176. The molecule has 0 fully saturated rings. The van der Waals surface area contributed by atoms with Crippen LogP contribution in [0.3, 0.4) is 0 Å². The van der Waals surface area contributed by atoms with Crippen molar-refractivity contribution in [3.8, 4) is 0 Å². The zero-order chi connectivity index (χ0) is 20.7. The number of ether oxygens (including phenoxy) is 1. The first kappa shape index (κ1) is 30.9. The molecule has 0 atom stereocenters. The standard InChI is InChI=1S/C25H51NO2.ClH/c1-4-6-8-10-12-14-16-18-20-25(26-22-23-28-24(3)27)21-19-17-15-13-11-9-7-5-2;/h25-26H,4-23H2,1-3H3;1H. The van der Waals surface area contributed by atoms with Gasteiger partial charge in [-0.2, -0.15) is 0 Å². The lowest BCUT2D eigenvalue weighted by Gasteiger charge is -2.19. The van der Waals surface area contributed by atoms with Gasteiger partial charge in [0.1, 0.15) is 6.61 Å². The minimum absolute atomic E-state index is 0. The van der Waals surface area contributed by atoms with E-state index in [-0.39, 0.29) is 18.4 Å². The van der Waals surface area contributed by atoms with Gasteiger partial charge in [0, 0.05) is 19.5 Å². The van der Waals surface area contributed by atoms with Gasteiger partial charge in [0.25, 0.3) is 0 Å². The first-order valence-electron chi connectivity index (χ1n) is 12.6. The van der Waals surface area contributed by atoms with Crippen molar-refractivity contribution in [2.24, 2.45) is 0 Å². The van der Waals surface area contributed by atoms with E-state index in [1.54, 1.807) is 0 Å². The van der Waals surface area contributed by atoms with Crippen molar-refractivity contribution in [2.75, 3.05) is 13.2 Å². The average molecular weight is 434 g/mol. The number of unbranched alkanes of at least 4 members (excludes halogenated alkanes) is 14. The van der Waals surface area contributed by atoms with Crippen molar-refractivity contribution in [3.05, 3.63) is 0 Å². The molecule has 0 aromatic heterocycles. The summed E-state index contributed by atoms with van der Waals surface area (Å²) in [4.78, 5) is 10.9. The molecule has 0 spiro atoms. The van der Waals surface area contributed by atoms with Crippen molar-refractivity contribution in [1.82, 2.24) is 5.32 Å². The van der Waals surface area contributed by atoms with Gasteiger partial charge in [0.2, 0.25) is 0 Å². The number of rotatable bonds is 22. The third-order valence-electron chi connectivity index (χ3n) is 5.65. The summed E-state index contributed by atoms with van der Waals surface area (Å²) in [5, 5.41) is 3.64. The lowest BCUT2D eigenvalue weighted by atomic mass is 9.99. The molecule has 0 aliphatic rings. The zero-order valence-corrected chi connectivity index (χ0v) is 20.8. The van der Waals surface area contributed by atoms with Gasteiger partial charge in [-0.15, -0.1) is 12.4 Å². The second kappa shape index (κ2) is 25.8. The molecule has 0 rings (SSSR count). The van der Waals surface area contributed by atoms with E-state index < -0.39 is 0 Å². The van der Waals surface area contributed by atoms with E-state index in [1.807, 2.05) is 0 Å². The zero-order valence-electron chi connectivity index (χ0n) is 19.9. The Morgan fingerprint density at radius 1 is 0.690 bits per heavy atom. The van der Waals surface area contributed by atoms with Crippen LogP contribution in [0.4, 0.5) is 0 Å². The molecule has 0 aliphatic carbocycles. The summed E-state index contributed by atoms with van der Waals surface area (Å²) in [6.07, 6.45) is 24.6. The maximum Gasteiger partial charge on any atom is 0.302 e. The number of esters is 1. The Kier molecular flexibility index (Phi) is 27.5. The molecule has 29 heavy (non-hydrogen) atoms. The predicted octanol–water partition coefficient (Wildman–Crippen LogP) is 7.99. The topological polar surface area (TPSA) is 38.3 Å². The maximum absolute atomic E-state index is 10.9. The summed E-state index contributed by atoms with van der Waals surface area (Å²) in [6.45, 7) is 7.33. The van der Waals surface area contributed by atoms with Gasteiger partial charge in [-0.3, -0.25) is 4.79 Å². The van der Waals surface area contributed by atoms with Gasteiger partial charge in [0.05, 0.1) is 0 Å². The van der Waals surface area contributed by atoms with E-state index >= 15 is 0 Å². The molecule has 0 radical (unpaired) electrons. The highest BCUT2D eigenvalue weighted by atomic mass is 35.5. The van der Waals surface area contributed by atoms with E-state index in [4.69, 9.17) is 4.74 Å². The van der Waals surface area contributed by atoms with E-state index in [9.17, 15) is 4.79 Å². The SMILES string of the molecule is CCCCCCCCCCC(CCCCCCCCCC)NCCOC(C)=O.Cl. The Morgan fingerprint density at radius 3 is 1.45 bits per heavy atom. The molecule has 0 amide bonds. The molecule has 3 nitrogen and oxygen atoms in total. The number of carbonyl (C=O) groups is 1. The molecule has 1 N–H and O–H groups in total. The highest BCUT2D eigenvalue weighted by molar-refractivity contribution is 5.85. The van der Waals surface area contributed by atoms with Crippen LogP contribution in [0.1, 0.15) is 136 Å². The number of hydrogen-bond donors (Lipinski definition) is 1. The molecule has 0 bridgehead atoms. The van der Waals surface area contributed by atoms with Crippen LogP contribution in [0.25, 0.3) is 0 Å². The lowest BCUT2D eigenvalue weighted by Crippen LogP contribution is -2.32. The van der Waals surface area contributed by atoms with Crippen molar-refractivity contribution >= 4 is 18.4 Å². The van der Waals surface area contributed by atoms with Gasteiger partial charge in [-0.05, 0) is 12.8 Å². The molecule has 0 heterocycles. The molecule has 0 saturated carbocycles. The highest BCUT2D eigenvalue weighted by Gasteiger charge is 2.08. The van der Waals surface area contributed by atoms with Crippen molar-refractivity contribution in [1.29, 1.82) is 0 Å². The Labute approximate surface area is 188 Å². The summed E-state index contributed by atoms with van der Waals surface area (Å²) in [5.41, 5.74) is 0. The number of carbonyl (C=O) groups excluding carboxylic acids is 1. The first-order chi connectivity index (χ1) is 13.7. The van der Waals surface area contributed by atoms with Crippen LogP contribution in [0, 0.1) is 0 Å². The monoisotopic (exact) mass is 433 g/mol. The maximum atomic E-state index is 10.9. The summed E-state index contributed by atoms with van der Waals surface area (Å²) >= 11 is 0. The molecule has 0 unspecified atom stereocenters. The van der Waals surface area contributed by atoms with Crippen molar-refractivity contribution < 1.29 is 9.53 Å². The third-order valence-corrected chi connectivity index (χ3v) is 5.65. The van der Waals surface area contributed by atoms with Gasteiger partial charge in [0.15, 0.2) is 0 Å². The molecule has 4 heteroatoms. The molecular formula is C25H52ClNO2. The second-order valence-electron chi connectivity index (χ2n) is 8.52. The quantitative estimate of drug-likeness (QED) is 0.139. The van der Waals surface area contributed by atoms with Crippen LogP contribution in [-0.4, -0.2) is 25.2 Å². The van der Waals surface area contributed by atoms with Crippen LogP contribution in [0.2, 0.25) is 0 Å². The third kappa shape index (κ3) is 25.7. The first-order valence-corrected chi connectivity index (χ1v) is 12.6. The van der Waals surface area contributed by atoms with Crippen molar-refractivity contribution in [2.45, 2.75) is 142 Å². The van der Waals surface area contributed by atoms with E-state index in [1.165, 1.54) is 122 Å². The largest absolute Gasteiger partial charge is 0.465 e. The summed E-state index contributed by atoms with van der Waals surface area (Å²) in [7, 11) is 0. The fourth-order valence-electron chi connectivity index (χ4n) is 3.86. The second-order valence-corrected chi connectivity index (χ2v) is 8.52. The lowest BCUT2D eigenvalue weighted by molar-refractivity contribution is -0.140. The molecule has 0 aromatic rings. The van der Waals surface area contributed by atoms with E-state index in [0.29, 0.717) is 12.6 Å². The van der Waals surface area contributed by atoms with Crippen LogP contribution in [0.5, 0.6) is 0 Å². The van der Waals surface area contributed by atoms with Crippen LogP contribution in [0.15, 0.2) is 0 Å². The number of nitrogens with one attached hydrogen (secondary N) is 1. The van der Waals surface area contributed by atoms with Crippen molar-refractivity contribution in [3.63, 3.8) is 0 Å². The predicted molar refractivity (Wildman–Crippen MR) is 130 cm³/mol. The minimum atomic E-state index is -0.176. The van der Waals surface area contributed by atoms with Crippen LogP contribution >= 0.6 is 12.4 Å². The molecular weight excluding hydrogens is 382 g/mol. The highest BCUT2D eigenvalue weighted by Crippen LogP contribution is 2.15. The normalized spacial score (nSPS) is 10.9. The minimum Gasteiger partial charge on any atom is -0.465 e. The Hall–Kier alpha value is -0.280. The Morgan fingerprint density at radius 2 is 1.07 bits per heavy atom. The van der Waals surface area contributed by atoms with E-state index in [0.717, 1.165) is 6.54 Å². The van der Waals surface area contributed by atoms with Gasteiger partial charge in [-0.1, -0.05) is 117 Å².